The average molecular weight is 237 g/mol. The molecule has 1 atom stereocenters. The highest BCUT2D eigenvalue weighted by atomic mass is 32.1. The van der Waals surface area contributed by atoms with Crippen LogP contribution in [0.1, 0.15) is 31.0 Å². The Morgan fingerprint density at radius 1 is 1.50 bits per heavy atom. The van der Waals surface area contributed by atoms with Gasteiger partial charge in [0.25, 0.3) is 5.89 Å². The number of thiophene rings is 1. The lowest BCUT2D eigenvalue weighted by Crippen LogP contribution is -2.33. The van der Waals surface area contributed by atoms with E-state index in [1.807, 2.05) is 32.9 Å². The van der Waals surface area contributed by atoms with Gasteiger partial charge in [0, 0.05) is 4.88 Å². The number of hydrogen-bond acceptors (Lipinski definition) is 5. The van der Waals surface area contributed by atoms with Crippen LogP contribution in [0.25, 0.3) is 10.8 Å². The first-order chi connectivity index (χ1) is 7.53. The molecule has 0 aliphatic rings. The number of hydrogen-bond donors (Lipinski definition) is 1. The molecular formula is C11H15N3OS. The van der Waals surface area contributed by atoms with E-state index in [0.29, 0.717) is 11.7 Å². The molecule has 5 heteroatoms. The largest absolute Gasteiger partial charge is 0.333 e. The normalized spacial score (nSPS) is 15.0. The zero-order valence-electron chi connectivity index (χ0n) is 9.65. The minimum atomic E-state index is -0.520. The molecular weight excluding hydrogens is 222 g/mol. The molecule has 0 aromatic carbocycles. The van der Waals surface area contributed by atoms with E-state index in [1.165, 1.54) is 4.88 Å². The van der Waals surface area contributed by atoms with Crippen LogP contribution in [0.3, 0.4) is 0 Å². The summed E-state index contributed by atoms with van der Waals surface area (Å²) in [4.78, 5) is 6.56. The van der Waals surface area contributed by atoms with Crippen molar-refractivity contribution in [2.24, 2.45) is 5.73 Å². The molecule has 2 aromatic heterocycles. The lowest BCUT2D eigenvalue weighted by Gasteiger charge is -2.16. The van der Waals surface area contributed by atoms with E-state index < -0.39 is 5.54 Å². The Morgan fingerprint density at radius 3 is 2.81 bits per heavy atom. The Morgan fingerprint density at radius 2 is 2.25 bits per heavy atom. The van der Waals surface area contributed by atoms with Crippen molar-refractivity contribution >= 4 is 11.3 Å². The first-order valence-corrected chi connectivity index (χ1v) is 6.04. The molecule has 0 aliphatic heterocycles. The second kappa shape index (κ2) is 3.99. The van der Waals surface area contributed by atoms with Gasteiger partial charge in [-0.3, -0.25) is 0 Å². The molecule has 0 saturated carbocycles. The molecule has 0 aliphatic carbocycles. The lowest BCUT2D eigenvalue weighted by atomic mass is 10.0. The Kier molecular flexibility index (Phi) is 2.82. The summed E-state index contributed by atoms with van der Waals surface area (Å²) >= 11 is 1.64. The Balaban J connectivity index is 2.33. The van der Waals surface area contributed by atoms with Crippen LogP contribution >= 0.6 is 11.3 Å². The van der Waals surface area contributed by atoms with Crippen LogP contribution in [-0.4, -0.2) is 10.1 Å². The first kappa shape index (κ1) is 11.3. The maximum atomic E-state index is 6.05. The monoisotopic (exact) mass is 237 g/mol. The molecule has 2 aromatic rings. The van der Waals surface area contributed by atoms with Crippen molar-refractivity contribution in [1.82, 2.24) is 10.1 Å². The maximum absolute atomic E-state index is 6.05. The molecule has 2 heterocycles. The fraction of sp³-hybridized carbons (Fsp3) is 0.455. The quantitative estimate of drug-likeness (QED) is 0.891. The molecule has 0 bridgehead atoms. The number of nitrogens with two attached hydrogens (primary N) is 1. The van der Waals surface area contributed by atoms with Crippen LogP contribution in [0.15, 0.2) is 16.7 Å². The number of aromatic nitrogens is 2. The molecule has 2 N–H and O–H groups in total. The molecule has 0 spiro atoms. The summed E-state index contributed by atoms with van der Waals surface area (Å²) < 4.78 is 5.22. The molecule has 0 amide bonds. The predicted molar refractivity (Wildman–Crippen MR) is 64.2 cm³/mol. The topological polar surface area (TPSA) is 64.9 Å². The van der Waals surface area contributed by atoms with Gasteiger partial charge in [-0.05, 0) is 32.4 Å². The third-order valence-electron chi connectivity index (χ3n) is 2.62. The third kappa shape index (κ3) is 2.01. The van der Waals surface area contributed by atoms with Gasteiger partial charge in [-0.15, -0.1) is 11.3 Å². The molecule has 16 heavy (non-hydrogen) atoms. The van der Waals surface area contributed by atoms with Gasteiger partial charge >= 0.3 is 0 Å². The van der Waals surface area contributed by atoms with Crippen LogP contribution in [0.2, 0.25) is 0 Å². The highest BCUT2D eigenvalue weighted by Gasteiger charge is 2.25. The molecule has 0 radical (unpaired) electrons. The molecule has 1 unspecified atom stereocenters. The van der Waals surface area contributed by atoms with E-state index in [0.717, 1.165) is 11.3 Å². The second-order valence-electron chi connectivity index (χ2n) is 4.10. The lowest BCUT2D eigenvalue weighted by molar-refractivity contribution is 0.379. The van der Waals surface area contributed by atoms with Gasteiger partial charge in [-0.25, -0.2) is 0 Å². The van der Waals surface area contributed by atoms with Crippen molar-refractivity contribution in [3.05, 3.63) is 22.8 Å². The zero-order chi connectivity index (χ0) is 11.8. The summed E-state index contributed by atoms with van der Waals surface area (Å²) in [6.07, 6.45) is 0.773. The number of rotatable bonds is 3. The van der Waals surface area contributed by atoms with Crippen molar-refractivity contribution in [1.29, 1.82) is 0 Å². The van der Waals surface area contributed by atoms with Gasteiger partial charge in [-0.2, -0.15) is 4.98 Å². The summed E-state index contributed by atoms with van der Waals surface area (Å²) in [5.41, 5.74) is 5.53. The van der Waals surface area contributed by atoms with Gasteiger partial charge in [0.15, 0.2) is 5.82 Å². The maximum Gasteiger partial charge on any atom is 0.268 e. The minimum absolute atomic E-state index is 0.520. The zero-order valence-corrected chi connectivity index (χ0v) is 10.5. The highest BCUT2D eigenvalue weighted by Crippen LogP contribution is 2.28. The first-order valence-electron chi connectivity index (χ1n) is 5.23. The number of nitrogens with zero attached hydrogens (tertiary/aromatic N) is 2. The van der Waals surface area contributed by atoms with E-state index in [9.17, 15) is 0 Å². The molecule has 86 valence electrons. The second-order valence-corrected chi connectivity index (χ2v) is 5.39. The van der Waals surface area contributed by atoms with Crippen molar-refractivity contribution < 1.29 is 4.52 Å². The molecule has 0 fully saturated rings. The Hall–Kier alpha value is -1.20. The van der Waals surface area contributed by atoms with Crippen LogP contribution in [-0.2, 0) is 5.54 Å². The van der Waals surface area contributed by atoms with Gasteiger partial charge < -0.3 is 10.3 Å². The van der Waals surface area contributed by atoms with E-state index >= 15 is 0 Å². The molecule has 0 saturated heterocycles. The molecule has 4 nitrogen and oxygen atoms in total. The van der Waals surface area contributed by atoms with Crippen LogP contribution < -0.4 is 5.73 Å². The van der Waals surface area contributed by atoms with Crippen molar-refractivity contribution in [3.8, 4) is 10.8 Å². The standard InChI is InChI=1S/C11H15N3OS/c1-4-11(3,12)10-13-9(15-14-10)8-6-5-7(2)16-8/h5-6H,4,12H2,1-3H3. The smallest absolute Gasteiger partial charge is 0.268 e. The Bertz CT molecular complexity index is 487. The predicted octanol–water partition coefficient (Wildman–Crippen LogP) is 2.69. The van der Waals surface area contributed by atoms with Crippen molar-refractivity contribution in [2.75, 3.05) is 0 Å². The highest BCUT2D eigenvalue weighted by molar-refractivity contribution is 7.15. The molecule has 2 rings (SSSR count). The van der Waals surface area contributed by atoms with Gasteiger partial charge in [0.2, 0.25) is 0 Å². The van der Waals surface area contributed by atoms with E-state index in [-0.39, 0.29) is 0 Å². The van der Waals surface area contributed by atoms with Crippen molar-refractivity contribution in [2.45, 2.75) is 32.7 Å². The Labute approximate surface area is 98.5 Å². The van der Waals surface area contributed by atoms with Gasteiger partial charge in [-0.1, -0.05) is 12.1 Å². The van der Waals surface area contributed by atoms with Crippen LogP contribution in [0.5, 0.6) is 0 Å². The van der Waals surface area contributed by atoms with Crippen LogP contribution in [0.4, 0.5) is 0 Å². The van der Waals surface area contributed by atoms with E-state index in [2.05, 4.69) is 10.1 Å². The fourth-order valence-corrected chi connectivity index (χ4v) is 2.05. The summed E-state index contributed by atoms with van der Waals surface area (Å²) in [7, 11) is 0. The van der Waals surface area contributed by atoms with Crippen molar-refractivity contribution in [3.63, 3.8) is 0 Å². The number of aryl methyl sites for hydroxylation is 1. The van der Waals surface area contributed by atoms with Gasteiger partial charge in [0.05, 0.1) is 10.4 Å². The summed E-state index contributed by atoms with van der Waals surface area (Å²) in [5.74, 6) is 1.12. The minimum Gasteiger partial charge on any atom is -0.333 e. The summed E-state index contributed by atoms with van der Waals surface area (Å²) in [6.45, 7) is 5.96. The van der Waals surface area contributed by atoms with E-state index in [4.69, 9.17) is 10.3 Å². The summed E-state index contributed by atoms with van der Waals surface area (Å²) in [5, 5.41) is 3.94. The van der Waals surface area contributed by atoms with Gasteiger partial charge in [0.1, 0.15) is 0 Å². The summed E-state index contributed by atoms with van der Waals surface area (Å²) in [6, 6.07) is 4.02. The van der Waals surface area contributed by atoms with Crippen LogP contribution in [0, 0.1) is 6.92 Å². The van der Waals surface area contributed by atoms with E-state index in [1.54, 1.807) is 11.3 Å². The SMILES string of the molecule is CCC(C)(N)c1noc(-c2ccc(C)s2)n1. The average Bonchev–Trinajstić information content (AvgIpc) is 2.85. The fourth-order valence-electron chi connectivity index (χ4n) is 1.26. The third-order valence-corrected chi connectivity index (χ3v) is 3.61.